The van der Waals surface area contributed by atoms with E-state index >= 15 is 0 Å². The minimum absolute atomic E-state index is 0.209. The van der Waals surface area contributed by atoms with Crippen molar-refractivity contribution in [2.75, 3.05) is 19.5 Å². The summed E-state index contributed by atoms with van der Waals surface area (Å²) in [7, 11) is 3.28. The van der Waals surface area contributed by atoms with Gasteiger partial charge in [0.05, 0.1) is 14.2 Å². The predicted molar refractivity (Wildman–Crippen MR) is 126 cm³/mol. The van der Waals surface area contributed by atoms with Crippen molar-refractivity contribution < 1.29 is 9.47 Å². The summed E-state index contributed by atoms with van der Waals surface area (Å²) < 4.78 is 14.0. The van der Waals surface area contributed by atoms with E-state index in [1.54, 1.807) is 38.6 Å². The summed E-state index contributed by atoms with van der Waals surface area (Å²) in [5.41, 5.74) is 3.90. The Morgan fingerprint density at radius 2 is 1.58 bits per heavy atom. The van der Waals surface area contributed by atoms with Crippen molar-refractivity contribution in [3.63, 3.8) is 0 Å². The van der Waals surface area contributed by atoms with Gasteiger partial charge in [-0.2, -0.15) is 0 Å². The maximum Gasteiger partial charge on any atom is 0.240 e. The Balaban J connectivity index is 1.41. The highest BCUT2D eigenvalue weighted by Crippen LogP contribution is 2.30. The van der Waals surface area contributed by atoms with E-state index in [9.17, 15) is 0 Å². The summed E-state index contributed by atoms with van der Waals surface area (Å²) in [6, 6.07) is 20.5. The molecule has 0 saturated heterocycles. The van der Waals surface area contributed by atoms with Gasteiger partial charge in [0.25, 0.3) is 0 Å². The third kappa shape index (κ3) is 4.90. The number of fused-ring (bicyclic) bond motifs is 1. The van der Waals surface area contributed by atoms with E-state index in [-0.39, 0.29) is 6.04 Å². The molecule has 2 aromatic carbocycles. The molecule has 158 valence electrons. The highest BCUT2D eigenvalue weighted by atomic mass is 32.2. The van der Waals surface area contributed by atoms with Crippen LogP contribution in [0.5, 0.6) is 11.6 Å². The number of ether oxygens (including phenoxy) is 2. The van der Waals surface area contributed by atoms with Crippen LogP contribution < -0.4 is 19.5 Å². The van der Waals surface area contributed by atoms with Crippen LogP contribution in [0.4, 0.5) is 11.4 Å². The second-order valence-electron chi connectivity index (χ2n) is 6.94. The van der Waals surface area contributed by atoms with Gasteiger partial charge in [0.1, 0.15) is 11.3 Å². The maximum absolute atomic E-state index is 5.32. The van der Waals surface area contributed by atoms with Gasteiger partial charge in [-0.05, 0) is 73.0 Å². The van der Waals surface area contributed by atoms with E-state index in [4.69, 9.17) is 9.47 Å². The van der Waals surface area contributed by atoms with Crippen LogP contribution in [0.15, 0.2) is 78.0 Å². The summed E-state index contributed by atoms with van der Waals surface area (Å²) in [5.74, 6) is 1.38. The molecule has 0 amide bonds. The minimum atomic E-state index is 0.209. The zero-order valence-electron chi connectivity index (χ0n) is 17.6. The van der Waals surface area contributed by atoms with Crippen LogP contribution in [0.3, 0.4) is 0 Å². The Bertz CT molecular complexity index is 1150. The first-order valence-electron chi connectivity index (χ1n) is 9.89. The summed E-state index contributed by atoms with van der Waals surface area (Å²) in [6.07, 6.45) is 3.48. The number of rotatable bonds is 8. The summed E-state index contributed by atoms with van der Waals surface area (Å²) in [5, 5.41) is 4.42. The van der Waals surface area contributed by atoms with Gasteiger partial charge in [-0.15, -0.1) is 0 Å². The molecule has 1 unspecified atom stereocenters. The molecule has 0 aliphatic carbocycles. The lowest BCUT2D eigenvalue weighted by molar-refractivity contribution is 0.402. The quantitative estimate of drug-likeness (QED) is 0.344. The van der Waals surface area contributed by atoms with Gasteiger partial charge in [-0.1, -0.05) is 12.1 Å². The molecule has 1 atom stereocenters. The normalized spacial score (nSPS) is 11.8. The van der Waals surface area contributed by atoms with Crippen LogP contribution in [0.2, 0.25) is 0 Å². The first-order valence-corrected chi connectivity index (χ1v) is 10.7. The Morgan fingerprint density at radius 1 is 0.839 bits per heavy atom. The molecular formula is C24H24N4O2S. The smallest absolute Gasteiger partial charge is 0.240 e. The molecule has 0 fully saturated rings. The van der Waals surface area contributed by atoms with Gasteiger partial charge >= 0.3 is 0 Å². The number of hydrogen-bond acceptors (Lipinski definition) is 7. The summed E-state index contributed by atoms with van der Waals surface area (Å²) >= 11 is 1.61. The lowest BCUT2D eigenvalue weighted by atomic mass is 10.1. The van der Waals surface area contributed by atoms with Crippen molar-refractivity contribution >= 4 is 34.2 Å². The molecule has 7 heteroatoms. The molecule has 0 radical (unpaired) electrons. The molecule has 2 N–H and O–H groups in total. The SMILES string of the molecule is COc1ccc(C(C)NSc2ccc(Nc3ccnc4c(OC)nccc34)cc2)cc1. The van der Waals surface area contributed by atoms with E-state index in [1.807, 2.05) is 24.3 Å². The molecule has 4 rings (SSSR count). The van der Waals surface area contributed by atoms with Crippen LogP contribution in [-0.4, -0.2) is 24.2 Å². The van der Waals surface area contributed by atoms with Gasteiger partial charge in [0, 0.05) is 40.1 Å². The highest BCUT2D eigenvalue weighted by molar-refractivity contribution is 7.97. The Hall–Kier alpha value is -3.29. The van der Waals surface area contributed by atoms with Crippen molar-refractivity contribution in [3.05, 3.63) is 78.6 Å². The molecule has 2 heterocycles. The van der Waals surface area contributed by atoms with Crippen LogP contribution in [-0.2, 0) is 0 Å². The fraction of sp³-hybridized carbons (Fsp3) is 0.167. The molecule has 0 saturated carbocycles. The van der Waals surface area contributed by atoms with E-state index in [2.05, 4.69) is 63.3 Å². The topological polar surface area (TPSA) is 68.3 Å². The van der Waals surface area contributed by atoms with Gasteiger partial charge in [-0.25, -0.2) is 4.98 Å². The second-order valence-corrected chi connectivity index (χ2v) is 7.85. The van der Waals surface area contributed by atoms with Gasteiger partial charge < -0.3 is 14.8 Å². The molecule has 0 aliphatic rings. The third-order valence-corrected chi connectivity index (χ3v) is 5.90. The second kappa shape index (κ2) is 9.68. The van der Waals surface area contributed by atoms with Gasteiger partial charge in [0.15, 0.2) is 0 Å². The van der Waals surface area contributed by atoms with Crippen LogP contribution in [0.25, 0.3) is 10.9 Å². The molecular weight excluding hydrogens is 408 g/mol. The highest BCUT2D eigenvalue weighted by Gasteiger charge is 2.09. The van der Waals surface area contributed by atoms with Crippen molar-refractivity contribution in [1.82, 2.24) is 14.7 Å². The Morgan fingerprint density at radius 3 is 2.29 bits per heavy atom. The average molecular weight is 433 g/mol. The fourth-order valence-corrected chi connectivity index (χ4v) is 3.91. The van der Waals surface area contributed by atoms with Crippen molar-refractivity contribution in [2.45, 2.75) is 17.9 Å². The van der Waals surface area contributed by atoms with Crippen molar-refractivity contribution in [3.8, 4) is 11.6 Å². The molecule has 0 aliphatic heterocycles. The maximum atomic E-state index is 5.32. The standard InChI is InChI=1S/C24H24N4O2S/c1-16(17-4-8-19(29-2)9-5-17)28-31-20-10-6-18(7-11-20)27-22-13-15-25-23-21(22)12-14-26-24(23)30-3/h4-16,28H,1-3H3,(H,25,27). The molecule has 2 aromatic heterocycles. The molecule has 0 spiro atoms. The fourth-order valence-electron chi connectivity index (χ4n) is 3.19. The number of nitrogens with zero attached hydrogens (tertiary/aromatic N) is 2. The molecule has 0 bridgehead atoms. The van der Waals surface area contributed by atoms with Crippen LogP contribution in [0.1, 0.15) is 18.5 Å². The van der Waals surface area contributed by atoms with E-state index in [1.165, 1.54) is 5.56 Å². The third-order valence-electron chi connectivity index (χ3n) is 4.92. The monoisotopic (exact) mass is 432 g/mol. The molecule has 31 heavy (non-hydrogen) atoms. The Labute approximate surface area is 186 Å². The summed E-state index contributed by atoms with van der Waals surface area (Å²) in [4.78, 5) is 9.76. The van der Waals surface area contributed by atoms with E-state index < -0.39 is 0 Å². The molecule has 6 nitrogen and oxygen atoms in total. The minimum Gasteiger partial charge on any atom is -0.497 e. The number of nitrogens with one attached hydrogen (secondary N) is 2. The van der Waals surface area contributed by atoms with E-state index in [0.717, 1.165) is 32.9 Å². The summed E-state index contributed by atoms with van der Waals surface area (Å²) in [6.45, 7) is 2.14. The van der Waals surface area contributed by atoms with Crippen LogP contribution in [0, 0.1) is 0 Å². The zero-order valence-corrected chi connectivity index (χ0v) is 18.4. The number of hydrogen-bond donors (Lipinski definition) is 2. The Kier molecular flexibility index (Phi) is 6.54. The van der Waals surface area contributed by atoms with Crippen LogP contribution >= 0.6 is 11.9 Å². The van der Waals surface area contributed by atoms with Gasteiger partial charge in [0.2, 0.25) is 5.88 Å². The zero-order chi connectivity index (χ0) is 21.6. The lowest BCUT2D eigenvalue weighted by Crippen LogP contribution is -2.10. The number of pyridine rings is 2. The van der Waals surface area contributed by atoms with Crippen molar-refractivity contribution in [2.24, 2.45) is 0 Å². The predicted octanol–water partition coefficient (Wildman–Crippen LogP) is 5.75. The lowest BCUT2D eigenvalue weighted by Gasteiger charge is -2.14. The van der Waals surface area contributed by atoms with Gasteiger partial charge in [-0.3, -0.25) is 9.71 Å². The van der Waals surface area contributed by atoms with E-state index in [0.29, 0.717) is 5.88 Å². The number of benzene rings is 2. The number of anilines is 2. The number of methoxy groups -OCH3 is 2. The number of aromatic nitrogens is 2. The molecule has 4 aromatic rings. The average Bonchev–Trinajstić information content (AvgIpc) is 2.83. The first-order chi connectivity index (χ1) is 15.2. The first kappa shape index (κ1) is 21.0. The largest absolute Gasteiger partial charge is 0.497 e. The van der Waals surface area contributed by atoms with Crippen molar-refractivity contribution in [1.29, 1.82) is 0 Å².